The number of thiophene rings is 1. The normalized spacial score (nSPS) is 11.4. The number of anilines is 3. The second kappa shape index (κ2) is 11.7. The fourth-order valence-electron chi connectivity index (χ4n) is 6.34. The molecule has 4 heteroatoms. The number of nitrogens with zero attached hydrogens (tertiary/aromatic N) is 2. The van der Waals surface area contributed by atoms with Gasteiger partial charge in [0.2, 0.25) is 0 Å². The Morgan fingerprint density at radius 2 is 0.851 bits per heavy atom. The van der Waals surface area contributed by atoms with Gasteiger partial charge in [0.15, 0.2) is 0 Å². The third-order valence-electron chi connectivity index (χ3n) is 8.71. The van der Waals surface area contributed by atoms with Gasteiger partial charge in [-0.15, -0.1) is 22.7 Å². The van der Waals surface area contributed by atoms with E-state index in [9.17, 15) is 0 Å². The molecule has 0 aliphatic heterocycles. The molecule has 222 valence electrons. The zero-order valence-electron chi connectivity index (χ0n) is 25.4. The largest absolute Gasteiger partial charge is 0.310 e. The molecular formula is C43H28N2S2. The van der Waals surface area contributed by atoms with Crippen molar-refractivity contribution in [1.29, 1.82) is 0 Å². The zero-order chi connectivity index (χ0) is 31.2. The molecule has 0 aliphatic carbocycles. The van der Waals surface area contributed by atoms with Crippen LogP contribution < -0.4 is 4.90 Å². The van der Waals surface area contributed by atoms with E-state index in [0.717, 1.165) is 33.1 Å². The summed E-state index contributed by atoms with van der Waals surface area (Å²) in [5.74, 6) is 0. The van der Waals surface area contributed by atoms with Crippen LogP contribution in [0.15, 0.2) is 170 Å². The third kappa shape index (κ3) is 5.18. The van der Waals surface area contributed by atoms with Crippen LogP contribution in [0.25, 0.3) is 63.2 Å². The minimum Gasteiger partial charge on any atom is -0.310 e. The third-order valence-corrected chi connectivity index (χ3v) is 10.9. The highest BCUT2D eigenvalue weighted by Gasteiger charge is 2.17. The Labute approximate surface area is 281 Å². The SMILES string of the molecule is c1ccc(-c2ccc(N(c3ccc(-c4ccccc4)cc3)c3ccc4sc5cc6nc(-c7ccccc7)sc6cc5c4c3)cc2)cc1. The van der Waals surface area contributed by atoms with E-state index in [4.69, 9.17) is 4.98 Å². The summed E-state index contributed by atoms with van der Waals surface area (Å²) in [4.78, 5) is 7.37. The number of thiazole rings is 1. The van der Waals surface area contributed by atoms with Crippen LogP contribution >= 0.6 is 22.7 Å². The van der Waals surface area contributed by atoms with E-state index >= 15 is 0 Å². The average molecular weight is 637 g/mol. The molecule has 0 fully saturated rings. The van der Waals surface area contributed by atoms with E-state index < -0.39 is 0 Å². The predicted molar refractivity (Wildman–Crippen MR) is 203 cm³/mol. The lowest BCUT2D eigenvalue weighted by Crippen LogP contribution is -2.09. The molecule has 2 aromatic heterocycles. The van der Waals surface area contributed by atoms with Gasteiger partial charge in [0.25, 0.3) is 0 Å². The number of hydrogen-bond donors (Lipinski definition) is 0. The van der Waals surface area contributed by atoms with Crippen molar-refractivity contribution in [2.45, 2.75) is 0 Å². The van der Waals surface area contributed by atoms with Crippen molar-refractivity contribution in [3.8, 4) is 32.8 Å². The maximum atomic E-state index is 5.00. The first-order valence-corrected chi connectivity index (χ1v) is 17.3. The monoisotopic (exact) mass is 636 g/mol. The second-order valence-electron chi connectivity index (χ2n) is 11.6. The van der Waals surface area contributed by atoms with E-state index in [-0.39, 0.29) is 0 Å². The van der Waals surface area contributed by atoms with Gasteiger partial charge in [0.1, 0.15) is 5.01 Å². The van der Waals surface area contributed by atoms with Gasteiger partial charge in [-0.2, -0.15) is 0 Å². The van der Waals surface area contributed by atoms with Crippen molar-refractivity contribution >= 4 is 70.1 Å². The lowest BCUT2D eigenvalue weighted by Gasteiger charge is -2.26. The summed E-state index contributed by atoms with van der Waals surface area (Å²) >= 11 is 3.60. The fourth-order valence-corrected chi connectivity index (χ4v) is 8.44. The van der Waals surface area contributed by atoms with E-state index in [0.29, 0.717) is 0 Å². The number of aromatic nitrogens is 1. The van der Waals surface area contributed by atoms with Crippen LogP contribution in [-0.4, -0.2) is 4.98 Å². The van der Waals surface area contributed by atoms with Gasteiger partial charge in [-0.1, -0.05) is 115 Å². The molecule has 0 amide bonds. The first-order valence-electron chi connectivity index (χ1n) is 15.7. The lowest BCUT2D eigenvalue weighted by molar-refractivity contribution is 1.29. The van der Waals surface area contributed by atoms with Crippen LogP contribution in [0.4, 0.5) is 17.1 Å². The quantitative estimate of drug-likeness (QED) is 0.181. The summed E-state index contributed by atoms with van der Waals surface area (Å²) in [6, 6.07) is 60.9. The Balaban J connectivity index is 1.16. The van der Waals surface area contributed by atoms with Gasteiger partial charge in [0.05, 0.1) is 10.2 Å². The zero-order valence-corrected chi connectivity index (χ0v) is 27.0. The summed E-state index contributed by atoms with van der Waals surface area (Å²) in [7, 11) is 0. The van der Waals surface area contributed by atoms with E-state index in [1.807, 2.05) is 11.3 Å². The summed E-state index contributed by atoms with van der Waals surface area (Å²) in [5, 5.41) is 3.61. The number of rotatable bonds is 6. The molecule has 0 N–H and O–H groups in total. The molecule has 47 heavy (non-hydrogen) atoms. The number of hydrogen-bond acceptors (Lipinski definition) is 4. The predicted octanol–water partition coefficient (Wildman–Crippen LogP) is 13.1. The average Bonchev–Trinajstić information content (AvgIpc) is 3.73. The Kier molecular flexibility index (Phi) is 6.89. The minimum atomic E-state index is 1.06. The molecule has 0 saturated heterocycles. The highest BCUT2D eigenvalue weighted by Crippen LogP contribution is 2.43. The van der Waals surface area contributed by atoms with Crippen LogP contribution in [0, 0.1) is 0 Å². The Morgan fingerprint density at radius 1 is 0.362 bits per heavy atom. The van der Waals surface area contributed by atoms with Gasteiger partial charge >= 0.3 is 0 Å². The van der Waals surface area contributed by atoms with Gasteiger partial charge < -0.3 is 4.90 Å². The highest BCUT2D eigenvalue weighted by atomic mass is 32.1. The maximum absolute atomic E-state index is 5.00. The Hall–Kier alpha value is -5.55. The molecule has 0 bridgehead atoms. The highest BCUT2D eigenvalue weighted by molar-refractivity contribution is 7.26. The molecule has 0 spiro atoms. The summed E-state index contributed by atoms with van der Waals surface area (Å²) in [5.41, 5.74) is 10.4. The van der Waals surface area contributed by atoms with Crippen LogP contribution in [-0.2, 0) is 0 Å². The standard InChI is InChI=1S/C43H28N2S2/c1-4-10-29(11-5-1)31-16-20-34(21-17-31)45(35-22-18-32(19-23-35)30-12-6-2-7-13-30)36-24-25-40-37(26-36)38-27-42-39(28-41(38)46-40)44-43(47-42)33-14-8-3-9-15-33/h1-28H. The van der Waals surface area contributed by atoms with Crippen LogP contribution in [0.2, 0.25) is 0 Å². The number of benzene rings is 7. The van der Waals surface area contributed by atoms with Gasteiger partial charge in [-0.05, 0) is 76.9 Å². The molecule has 2 heterocycles. The molecule has 0 unspecified atom stereocenters. The fraction of sp³-hybridized carbons (Fsp3) is 0. The molecule has 2 nitrogen and oxygen atoms in total. The Morgan fingerprint density at radius 3 is 1.43 bits per heavy atom. The molecule has 9 rings (SSSR count). The second-order valence-corrected chi connectivity index (χ2v) is 13.8. The first kappa shape index (κ1) is 27.7. The van der Waals surface area contributed by atoms with Gasteiger partial charge in [0, 0.05) is 42.8 Å². The molecule has 7 aromatic carbocycles. The summed E-state index contributed by atoms with van der Waals surface area (Å²) in [6.45, 7) is 0. The molecule has 9 aromatic rings. The maximum Gasteiger partial charge on any atom is 0.124 e. The van der Waals surface area contributed by atoms with Crippen molar-refractivity contribution in [3.05, 3.63) is 170 Å². The smallest absolute Gasteiger partial charge is 0.124 e. The van der Waals surface area contributed by atoms with E-state index in [2.05, 4.69) is 175 Å². The van der Waals surface area contributed by atoms with Crippen LogP contribution in [0.1, 0.15) is 0 Å². The van der Waals surface area contributed by atoms with Gasteiger partial charge in [-0.25, -0.2) is 4.98 Å². The van der Waals surface area contributed by atoms with Crippen molar-refractivity contribution in [3.63, 3.8) is 0 Å². The van der Waals surface area contributed by atoms with E-state index in [1.54, 1.807) is 11.3 Å². The Bertz CT molecular complexity index is 2400. The van der Waals surface area contributed by atoms with Crippen LogP contribution in [0.3, 0.4) is 0 Å². The van der Waals surface area contributed by atoms with Crippen molar-refractivity contribution in [1.82, 2.24) is 4.98 Å². The van der Waals surface area contributed by atoms with Crippen LogP contribution in [0.5, 0.6) is 0 Å². The van der Waals surface area contributed by atoms with Crippen molar-refractivity contribution in [2.75, 3.05) is 4.90 Å². The minimum absolute atomic E-state index is 1.06. The summed E-state index contributed by atoms with van der Waals surface area (Å²) < 4.78 is 3.76. The first-order chi connectivity index (χ1) is 23.3. The molecular weight excluding hydrogens is 609 g/mol. The molecule has 0 atom stereocenters. The summed E-state index contributed by atoms with van der Waals surface area (Å²) in [6.07, 6.45) is 0. The van der Waals surface area contributed by atoms with Crippen molar-refractivity contribution < 1.29 is 0 Å². The van der Waals surface area contributed by atoms with Crippen molar-refractivity contribution in [2.24, 2.45) is 0 Å². The van der Waals surface area contributed by atoms with Gasteiger partial charge in [-0.3, -0.25) is 0 Å². The molecule has 0 radical (unpaired) electrons. The lowest BCUT2D eigenvalue weighted by atomic mass is 10.0. The van der Waals surface area contributed by atoms with E-state index in [1.165, 1.54) is 47.1 Å². The number of fused-ring (bicyclic) bond motifs is 4. The molecule has 0 saturated carbocycles. The topological polar surface area (TPSA) is 16.1 Å². The molecule has 0 aliphatic rings.